The van der Waals surface area contributed by atoms with Crippen LogP contribution in [-0.2, 0) is 4.74 Å². The van der Waals surface area contributed by atoms with Crippen molar-refractivity contribution in [3.05, 3.63) is 17.5 Å². The normalized spacial score (nSPS) is 10.4. The van der Waals surface area contributed by atoms with Gasteiger partial charge in [0.2, 0.25) is 0 Å². The molecule has 0 atom stereocenters. The quantitative estimate of drug-likeness (QED) is 0.566. The fourth-order valence-corrected chi connectivity index (χ4v) is 2.45. The third-order valence-corrected chi connectivity index (χ3v) is 3.32. The molecule has 0 bridgehead atoms. The van der Waals surface area contributed by atoms with Crippen LogP contribution in [0.25, 0.3) is 0 Å². The van der Waals surface area contributed by atoms with E-state index in [0.29, 0.717) is 13.2 Å². The van der Waals surface area contributed by atoms with Gasteiger partial charge in [-0.2, -0.15) is 0 Å². The van der Waals surface area contributed by atoms with Gasteiger partial charge in [-0.25, -0.2) is 0 Å². The van der Waals surface area contributed by atoms with Crippen LogP contribution in [0.3, 0.4) is 0 Å². The van der Waals surface area contributed by atoms with Gasteiger partial charge in [0.25, 0.3) is 0 Å². The SMILES string of the molecule is NCCOCCSc1cccs1. The predicted octanol–water partition coefficient (Wildman–Crippen LogP) is 1.82. The zero-order valence-electron chi connectivity index (χ0n) is 6.86. The summed E-state index contributed by atoms with van der Waals surface area (Å²) in [5.41, 5.74) is 5.28. The molecular formula is C8H13NOS2. The number of nitrogens with two attached hydrogens (primary N) is 1. The van der Waals surface area contributed by atoms with E-state index in [-0.39, 0.29) is 0 Å². The second kappa shape index (κ2) is 6.48. The number of rotatable bonds is 6. The Hall–Kier alpha value is -0.0300. The summed E-state index contributed by atoms with van der Waals surface area (Å²) >= 11 is 3.60. The van der Waals surface area contributed by atoms with E-state index in [2.05, 4.69) is 17.5 Å². The van der Waals surface area contributed by atoms with Crippen LogP contribution in [0.2, 0.25) is 0 Å². The van der Waals surface area contributed by atoms with Gasteiger partial charge in [0.05, 0.1) is 17.4 Å². The zero-order valence-corrected chi connectivity index (χ0v) is 8.50. The lowest BCUT2D eigenvalue weighted by Crippen LogP contribution is -2.09. The molecule has 0 radical (unpaired) electrons. The minimum absolute atomic E-state index is 0.615. The van der Waals surface area contributed by atoms with E-state index in [1.54, 1.807) is 11.3 Å². The first kappa shape index (κ1) is 10.1. The van der Waals surface area contributed by atoms with Crippen LogP contribution in [0.15, 0.2) is 21.7 Å². The Labute approximate surface area is 81.1 Å². The summed E-state index contributed by atoms with van der Waals surface area (Å²) in [5.74, 6) is 1.01. The van der Waals surface area contributed by atoms with Crippen LogP contribution in [0.5, 0.6) is 0 Å². The molecule has 2 N–H and O–H groups in total. The average Bonchev–Trinajstić information content (AvgIpc) is 2.57. The van der Waals surface area contributed by atoms with Crippen LogP contribution < -0.4 is 5.73 Å². The molecule has 0 amide bonds. The van der Waals surface area contributed by atoms with E-state index in [0.717, 1.165) is 12.4 Å². The van der Waals surface area contributed by atoms with Crippen molar-refractivity contribution in [2.75, 3.05) is 25.5 Å². The van der Waals surface area contributed by atoms with Gasteiger partial charge >= 0.3 is 0 Å². The molecule has 2 nitrogen and oxygen atoms in total. The van der Waals surface area contributed by atoms with Crippen molar-refractivity contribution in [2.24, 2.45) is 5.73 Å². The van der Waals surface area contributed by atoms with Gasteiger partial charge in [-0.15, -0.1) is 23.1 Å². The first-order chi connectivity index (χ1) is 5.93. The van der Waals surface area contributed by atoms with E-state index < -0.39 is 0 Å². The summed E-state index contributed by atoms with van der Waals surface area (Å²) in [6, 6.07) is 4.19. The van der Waals surface area contributed by atoms with E-state index in [1.165, 1.54) is 4.21 Å². The summed E-state index contributed by atoms with van der Waals surface area (Å²) in [6.07, 6.45) is 0. The first-order valence-corrected chi connectivity index (χ1v) is 5.74. The maximum Gasteiger partial charge on any atom is 0.0599 e. The molecule has 0 aliphatic heterocycles. The standard InChI is InChI=1S/C8H13NOS2/c9-3-4-10-5-7-12-8-2-1-6-11-8/h1-2,6H,3-5,7,9H2. The largest absolute Gasteiger partial charge is 0.379 e. The molecule has 1 aromatic rings. The maximum atomic E-state index is 5.28. The highest BCUT2D eigenvalue weighted by Crippen LogP contribution is 2.22. The lowest BCUT2D eigenvalue weighted by atomic mass is 10.7. The molecule has 1 heterocycles. The molecule has 0 spiro atoms. The number of hydrogen-bond acceptors (Lipinski definition) is 4. The number of ether oxygens (including phenoxy) is 1. The highest BCUT2D eigenvalue weighted by molar-refractivity contribution is 8.01. The monoisotopic (exact) mass is 203 g/mol. The van der Waals surface area contributed by atoms with Gasteiger partial charge in [-0.3, -0.25) is 0 Å². The first-order valence-electron chi connectivity index (χ1n) is 3.87. The van der Waals surface area contributed by atoms with Gasteiger partial charge in [-0.05, 0) is 11.4 Å². The molecule has 0 unspecified atom stereocenters. The smallest absolute Gasteiger partial charge is 0.0599 e. The van der Waals surface area contributed by atoms with Gasteiger partial charge in [0, 0.05) is 12.3 Å². The molecule has 1 rings (SSSR count). The molecule has 1 aromatic heterocycles. The van der Waals surface area contributed by atoms with Crippen LogP contribution in [0.4, 0.5) is 0 Å². The zero-order chi connectivity index (χ0) is 8.65. The topological polar surface area (TPSA) is 35.2 Å². The Bertz CT molecular complexity index is 189. The van der Waals surface area contributed by atoms with Crippen molar-refractivity contribution in [1.29, 1.82) is 0 Å². The molecule has 12 heavy (non-hydrogen) atoms. The van der Waals surface area contributed by atoms with Crippen molar-refractivity contribution in [3.8, 4) is 0 Å². The summed E-state index contributed by atoms with van der Waals surface area (Å²) in [6.45, 7) is 2.08. The summed E-state index contributed by atoms with van der Waals surface area (Å²) in [4.78, 5) is 0. The second-order valence-electron chi connectivity index (χ2n) is 2.18. The third kappa shape index (κ3) is 4.11. The minimum Gasteiger partial charge on any atom is -0.379 e. The van der Waals surface area contributed by atoms with E-state index >= 15 is 0 Å². The van der Waals surface area contributed by atoms with E-state index in [9.17, 15) is 0 Å². The van der Waals surface area contributed by atoms with Crippen LogP contribution in [0.1, 0.15) is 0 Å². The molecule has 0 saturated heterocycles. The lowest BCUT2D eigenvalue weighted by molar-refractivity contribution is 0.158. The second-order valence-corrected chi connectivity index (χ2v) is 4.52. The third-order valence-electron chi connectivity index (χ3n) is 1.23. The van der Waals surface area contributed by atoms with Gasteiger partial charge in [0.15, 0.2) is 0 Å². The highest BCUT2D eigenvalue weighted by Gasteiger charge is 1.93. The Balaban J connectivity index is 1.96. The molecule has 0 saturated carbocycles. The molecule has 0 aliphatic rings. The summed E-state index contributed by atoms with van der Waals surface area (Å²) < 4.78 is 6.59. The van der Waals surface area contributed by atoms with E-state index in [1.807, 2.05) is 11.8 Å². The highest BCUT2D eigenvalue weighted by atomic mass is 32.2. The summed E-state index contributed by atoms with van der Waals surface area (Å²) in [5, 5.41) is 2.09. The van der Waals surface area contributed by atoms with Crippen molar-refractivity contribution in [1.82, 2.24) is 0 Å². The van der Waals surface area contributed by atoms with Crippen molar-refractivity contribution < 1.29 is 4.74 Å². The lowest BCUT2D eigenvalue weighted by Gasteiger charge is -2.00. The van der Waals surface area contributed by atoms with Crippen LogP contribution in [-0.4, -0.2) is 25.5 Å². The summed E-state index contributed by atoms with van der Waals surface area (Å²) in [7, 11) is 0. The fraction of sp³-hybridized carbons (Fsp3) is 0.500. The molecule has 4 heteroatoms. The molecule has 0 aromatic carbocycles. The molecular weight excluding hydrogens is 190 g/mol. The van der Waals surface area contributed by atoms with Gasteiger partial charge in [-0.1, -0.05) is 6.07 Å². The number of thioether (sulfide) groups is 1. The van der Waals surface area contributed by atoms with Crippen molar-refractivity contribution in [3.63, 3.8) is 0 Å². The van der Waals surface area contributed by atoms with Crippen molar-refractivity contribution in [2.45, 2.75) is 4.21 Å². The maximum absolute atomic E-state index is 5.28. The molecule has 68 valence electrons. The Kier molecular flexibility index (Phi) is 5.43. The van der Waals surface area contributed by atoms with E-state index in [4.69, 9.17) is 10.5 Å². The Morgan fingerprint density at radius 1 is 1.50 bits per heavy atom. The van der Waals surface area contributed by atoms with Crippen LogP contribution >= 0.6 is 23.1 Å². The van der Waals surface area contributed by atoms with Crippen LogP contribution in [0, 0.1) is 0 Å². The van der Waals surface area contributed by atoms with Gasteiger partial charge in [0.1, 0.15) is 0 Å². The minimum atomic E-state index is 0.615. The molecule has 0 aliphatic carbocycles. The molecule has 0 fully saturated rings. The van der Waals surface area contributed by atoms with Crippen molar-refractivity contribution >= 4 is 23.1 Å². The van der Waals surface area contributed by atoms with Gasteiger partial charge < -0.3 is 10.5 Å². The number of hydrogen-bond donors (Lipinski definition) is 1. The average molecular weight is 203 g/mol. The number of thiophene rings is 1. The fourth-order valence-electron chi connectivity index (χ4n) is 0.732. The predicted molar refractivity (Wildman–Crippen MR) is 54.9 cm³/mol. The Morgan fingerprint density at radius 3 is 3.08 bits per heavy atom. The Morgan fingerprint density at radius 2 is 2.42 bits per heavy atom.